The first-order valence-corrected chi connectivity index (χ1v) is 8.06. The summed E-state index contributed by atoms with van der Waals surface area (Å²) in [5.74, 6) is 0.673. The fourth-order valence-electron chi connectivity index (χ4n) is 2.68. The number of aromatic nitrogens is 2. The number of H-pyrrole nitrogens is 1. The summed E-state index contributed by atoms with van der Waals surface area (Å²) in [6.07, 6.45) is 2.30. The molecule has 4 heteroatoms. The number of imidazole rings is 1. The zero-order valence-electron chi connectivity index (χ0n) is 13.9. The lowest BCUT2D eigenvalue weighted by atomic mass is 10.1. The number of nitrogens with zero attached hydrogens (tertiary/aromatic N) is 1. The Bertz CT molecular complexity index is 828. The van der Waals surface area contributed by atoms with Gasteiger partial charge in [-0.15, -0.1) is 0 Å². The van der Waals surface area contributed by atoms with E-state index < -0.39 is 0 Å². The second-order valence-corrected chi connectivity index (χ2v) is 6.11. The Morgan fingerprint density at radius 1 is 1.12 bits per heavy atom. The monoisotopic (exact) mass is 319 g/mol. The van der Waals surface area contributed by atoms with Crippen LogP contribution in [0.5, 0.6) is 0 Å². The maximum absolute atomic E-state index is 12.2. The molecule has 0 aliphatic heterocycles. The van der Waals surface area contributed by atoms with E-state index in [-0.39, 0.29) is 11.9 Å². The topological polar surface area (TPSA) is 57.8 Å². The van der Waals surface area contributed by atoms with E-state index in [1.807, 2.05) is 56.3 Å². The van der Waals surface area contributed by atoms with Gasteiger partial charge in [-0.2, -0.15) is 0 Å². The molecule has 1 atom stereocenters. The van der Waals surface area contributed by atoms with Gasteiger partial charge in [0.2, 0.25) is 5.91 Å². The summed E-state index contributed by atoms with van der Waals surface area (Å²) in [5.41, 5.74) is 4.00. The van der Waals surface area contributed by atoms with Crippen molar-refractivity contribution in [1.29, 1.82) is 0 Å². The molecule has 1 amide bonds. The molecule has 122 valence electrons. The molecule has 3 aromatic rings. The third-order valence-electron chi connectivity index (χ3n) is 3.76. The van der Waals surface area contributed by atoms with Crippen LogP contribution >= 0.6 is 0 Å². The second kappa shape index (κ2) is 7.13. The van der Waals surface area contributed by atoms with Crippen LogP contribution in [-0.2, 0) is 11.2 Å². The van der Waals surface area contributed by atoms with Crippen LogP contribution in [0.3, 0.4) is 0 Å². The van der Waals surface area contributed by atoms with Gasteiger partial charge in [0.25, 0.3) is 0 Å². The number of allylic oxidation sites excluding steroid dienone is 1. The van der Waals surface area contributed by atoms with Crippen LogP contribution in [-0.4, -0.2) is 15.9 Å². The van der Waals surface area contributed by atoms with Gasteiger partial charge < -0.3 is 10.3 Å². The Hall–Kier alpha value is -2.88. The van der Waals surface area contributed by atoms with Gasteiger partial charge in [-0.3, -0.25) is 4.79 Å². The molecule has 0 aliphatic rings. The normalized spacial score (nSPS) is 11.9. The molecule has 0 saturated heterocycles. The van der Waals surface area contributed by atoms with E-state index in [4.69, 9.17) is 0 Å². The van der Waals surface area contributed by atoms with E-state index >= 15 is 0 Å². The molecule has 24 heavy (non-hydrogen) atoms. The molecule has 1 heterocycles. The molecule has 0 unspecified atom stereocenters. The number of para-hydroxylation sites is 2. The number of hydrogen-bond acceptors (Lipinski definition) is 2. The number of fused-ring (bicyclic) bond motifs is 1. The fraction of sp³-hybridized carbons (Fsp3) is 0.200. The van der Waals surface area contributed by atoms with Crippen molar-refractivity contribution < 1.29 is 4.79 Å². The summed E-state index contributed by atoms with van der Waals surface area (Å²) in [4.78, 5) is 20.2. The van der Waals surface area contributed by atoms with Gasteiger partial charge in [0.15, 0.2) is 0 Å². The molecule has 0 aliphatic carbocycles. The summed E-state index contributed by atoms with van der Waals surface area (Å²) < 4.78 is 0. The predicted molar refractivity (Wildman–Crippen MR) is 96.6 cm³/mol. The van der Waals surface area contributed by atoms with Crippen molar-refractivity contribution in [2.45, 2.75) is 26.3 Å². The summed E-state index contributed by atoms with van der Waals surface area (Å²) >= 11 is 0. The maximum Gasteiger partial charge on any atom is 0.244 e. The molecule has 2 N–H and O–H groups in total. The van der Waals surface area contributed by atoms with Crippen molar-refractivity contribution in [3.05, 3.63) is 77.6 Å². The van der Waals surface area contributed by atoms with Gasteiger partial charge in [-0.25, -0.2) is 4.98 Å². The van der Waals surface area contributed by atoms with Crippen molar-refractivity contribution in [2.24, 2.45) is 0 Å². The highest BCUT2D eigenvalue weighted by molar-refractivity contribution is 5.88. The molecule has 0 saturated carbocycles. The Morgan fingerprint density at radius 3 is 2.54 bits per heavy atom. The molecule has 0 bridgehead atoms. The number of carbonyl (C=O) groups excluding carboxylic acids is 1. The number of nitrogens with one attached hydrogen (secondary N) is 2. The van der Waals surface area contributed by atoms with Crippen molar-refractivity contribution in [3.63, 3.8) is 0 Å². The lowest BCUT2D eigenvalue weighted by Crippen LogP contribution is -2.29. The molecule has 0 fully saturated rings. The van der Waals surface area contributed by atoms with E-state index in [0.717, 1.165) is 28.0 Å². The van der Waals surface area contributed by atoms with E-state index in [1.165, 1.54) is 0 Å². The zero-order chi connectivity index (χ0) is 16.9. The van der Waals surface area contributed by atoms with Crippen molar-refractivity contribution in [1.82, 2.24) is 15.3 Å². The molecule has 0 radical (unpaired) electrons. The van der Waals surface area contributed by atoms with Crippen LogP contribution < -0.4 is 5.32 Å². The van der Waals surface area contributed by atoms with Crippen LogP contribution in [0.1, 0.15) is 31.3 Å². The van der Waals surface area contributed by atoms with Crippen molar-refractivity contribution in [2.75, 3.05) is 0 Å². The zero-order valence-corrected chi connectivity index (χ0v) is 13.9. The smallest absolute Gasteiger partial charge is 0.244 e. The maximum atomic E-state index is 12.2. The van der Waals surface area contributed by atoms with Crippen molar-refractivity contribution >= 4 is 16.9 Å². The highest BCUT2D eigenvalue weighted by atomic mass is 16.1. The molecular formula is C20H21N3O. The number of aromatic amines is 1. The van der Waals surface area contributed by atoms with Gasteiger partial charge in [0.1, 0.15) is 5.82 Å². The SMILES string of the molecule is CC(C)=CC(=O)N[C@H](Cc1ccccc1)c1nc2ccccc2[nH]1. The Balaban J connectivity index is 1.91. The number of amides is 1. The average Bonchev–Trinajstić information content (AvgIpc) is 2.98. The van der Waals surface area contributed by atoms with Crippen LogP contribution in [0.2, 0.25) is 0 Å². The lowest BCUT2D eigenvalue weighted by Gasteiger charge is -2.16. The largest absolute Gasteiger partial charge is 0.342 e. The number of carbonyl (C=O) groups is 1. The third-order valence-corrected chi connectivity index (χ3v) is 3.76. The van der Waals surface area contributed by atoms with Gasteiger partial charge in [0.05, 0.1) is 17.1 Å². The van der Waals surface area contributed by atoms with E-state index in [0.29, 0.717) is 6.42 Å². The molecular weight excluding hydrogens is 298 g/mol. The quantitative estimate of drug-likeness (QED) is 0.700. The van der Waals surface area contributed by atoms with Gasteiger partial charge in [0, 0.05) is 6.08 Å². The number of rotatable bonds is 5. The fourth-order valence-corrected chi connectivity index (χ4v) is 2.68. The molecule has 0 spiro atoms. The minimum Gasteiger partial charge on any atom is -0.342 e. The first kappa shape index (κ1) is 16.0. The van der Waals surface area contributed by atoms with Crippen LogP contribution in [0.15, 0.2) is 66.2 Å². The third kappa shape index (κ3) is 3.90. The van der Waals surface area contributed by atoms with E-state index in [2.05, 4.69) is 27.4 Å². The highest BCUT2D eigenvalue weighted by Crippen LogP contribution is 2.20. The first-order valence-electron chi connectivity index (χ1n) is 8.06. The lowest BCUT2D eigenvalue weighted by molar-refractivity contribution is -0.117. The number of benzene rings is 2. The predicted octanol–water partition coefficient (Wildman–Crippen LogP) is 3.93. The Morgan fingerprint density at radius 2 is 1.83 bits per heavy atom. The summed E-state index contributed by atoms with van der Waals surface area (Å²) in [6.45, 7) is 3.82. The van der Waals surface area contributed by atoms with E-state index in [9.17, 15) is 4.79 Å². The summed E-state index contributed by atoms with van der Waals surface area (Å²) in [5, 5.41) is 3.07. The van der Waals surface area contributed by atoms with Crippen LogP contribution in [0, 0.1) is 0 Å². The minimum absolute atomic E-state index is 0.101. The van der Waals surface area contributed by atoms with Crippen LogP contribution in [0.25, 0.3) is 11.0 Å². The first-order chi connectivity index (χ1) is 11.6. The summed E-state index contributed by atoms with van der Waals surface area (Å²) in [6, 6.07) is 17.8. The molecule has 3 rings (SSSR count). The highest BCUT2D eigenvalue weighted by Gasteiger charge is 2.18. The molecule has 4 nitrogen and oxygen atoms in total. The van der Waals surface area contributed by atoms with E-state index in [1.54, 1.807) is 6.08 Å². The Labute approximate surface area is 141 Å². The van der Waals surface area contributed by atoms with Crippen LogP contribution in [0.4, 0.5) is 0 Å². The number of hydrogen-bond donors (Lipinski definition) is 2. The Kier molecular flexibility index (Phi) is 4.75. The minimum atomic E-state index is -0.206. The van der Waals surface area contributed by atoms with Gasteiger partial charge in [-0.05, 0) is 38.0 Å². The average molecular weight is 319 g/mol. The van der Waals surface area contributed by atoms with Gasteiger partial charge in [-0.1, -0.05) is 48.0 Å². The van der Waals surface area contributed by atoms with Crippen molar-refractivity contribution in [3.8, 4) is 0 Å². The second-order valence-electron chi connectivity index (χ2n) is 6.11. The standard InChI is InChI=1S/C20H21N3O/c1-14(2)12-19(24)21-18(13-15-8-4-3-5-9-15)20-22-16-10-6-7-11-17(16)23-20/h3-12,18H,13H2,1-2H3,(H,21,24)(H,22,23)/t18-/m1/s1. The van der Waals surface area contributed by atoms with Gasteiger partial charge >= 0.3 is 0 Å². The molecule has 1 aromatic heterocycles. The molecule has 2 aromatic carbocycles. The summed E-state index contributed by atoms with van der Waals surface area (Å²) in [7, 11) is 0.